The number of nitrogens with zero attached hydrogens (tertiary/aromatic N) is 1. The second kappa shape index (κ2) is 7.34. The number of hydrogen-bond donors (Lipinski definition) is 1. The van der Waals surface area contributed by atoms with E-state index in [1.807, 2.05) is 0 Å². The van der Waals surface area contributed by atoms with Crippen molar-refractivity contribution in [2.75, 3.05) is 24.7 Å². The first kappa shape index (κ1) is 18.8. The number of rotatable bonds is 5. The van der Waals surface area contributed by atoms with Crippen LogP contribution in [0.5, 0.6) is 0 Å². The molecule has 0 unspecified atom stereocenters. The maximum atomic E-state index is 12.3. The van der Waals surface area contributed by atoms with Crippen LogP contribution < -0.4 is 5.32 Å². The summed E-state index contributed by atoms with van der Waals surface area (Å²) in [6.45, 7) is -1.06. The highest BCUT2D eigenvalue weighted by Gasteiger charge is 2.48. The lowest BCUT2D eigenvalue weighted by atomic mass is 9.81. The third-order valence-corrected chi connectivity index (χ3v) is 6.95. The molecule has 1 aliphatic carbocycles. The van der Waals surface area contributed by atoms with Crippen molar-refractivity contribution in [3.05, 3.63) is 0 Å². The number of hydrogen-bond acceptors (Lipinski definition) is 7. The molecule has 3 amide bonds. The smallest absolute Gasteiger partial charge is 0.326 e. The minimum atomic E-state index is -3.12. The number of esters is 1. The number of nitrogens with one attached hydrogen (secondary N) is 1. The van der Waals surface area contributed by atoms with Crippen molar-refractivity contribution in [2.45, 2.75) is 38.1 Å². The number of likely N-dealkylation sites (tertiary alicyclic amines) is 1. The zero-order valence-corrected chi connectivity index (χ0v) is 15.1. The molecular formula is C16H22N2O7S. The van der Waals surface area contributed by atoms with Gasteiger partial charge in [0.15, 0.2) is 16.4 Å². The number of carbonyl (C=O) groups is 4. The molecule has 3 aliphatic rings. The Bertz CT molecular complexity index is 709. The van der Waals surface area contributed by atoms with Gasteiger partial charge in [-0.2, -0.15) is 0 Å². The summed E-state index contributed by atoms with van der Waals surface area (Å²) >= 11 is 0. The second-order valence-electron chi connectivity index (χ2n) is 7.09. The van der Waals surface area contributed by atoms with E-state index in [4.69, 9.17) is 4.74 Å². The van der Waals surface area contributed by atoms with Gasteiger partial charge in [0.25, 0.3) is 5.91 Å². The third kappa shape index (κ3) is 4.05. The van der Waals surface area contributed by atoms with Crippen molar-refractivity contribution >= 4 is 33.5 Å². The van der Waals surface area contributed by atoms with E-state index in [1.54, 1.807) is 0 Å². The van der Waals surface area contributed by atoms with E-state index in [2.05, 4.69) is 5.32 Å². The summed E-state index contributed by atoms with van der Waals surface area (Å²) in [5.74, 6) is -2.87. The van der Waals surface area contributed by atoms with Gasteiger partial charge in [-0.25, -0.2) is 8.42 Å². The minimum Gasteiger partial charge on any atom is -0.454 e. The molecule has 0 aromatic carbocycles. The minimum absolute atomic E-state index is 0.0270. The van der Waals surface area contributed by atoms with Crippen LogP contribution in [0.3, 0.4) is 0 Å². The van der Waals surface area contributed by atoms with E-state index in [0.717, 1.165) is 17.7 Å². The van der Waals surface area contributed by atoms with Gasteiger partial charge < -0.3 is 10.1 Å². The first-order valence-electron chi connectivity index (χ1n) is 8.77. The van der Waals surface area contributed by atoms with Gasteiger partial charge >= 0.3 is 5.97 Å². The van der Waals surface area contributed by atoms with Crippen LogP contribution in [0.4, 0.5) is 0 Å². The van der Waals surface area contributed by atoms with Crippen LogP contribution in [0.15, 0.2) is 0 Å². The quantitative estimate of drug-likeness (QED) is 0.475. The lowest BCUT2D eigenvalue weighted by molar-refractivity contribution is -0.155. The Labute approximate surface area is 151 Å². The second-order valence-corrected chi connectivity index (χ2v) is 9.32. The molecule has 0 aromatic rings. The largest absolute Gasteiger partial charge is 0.454 e. The molecule has 0 aromatic heterocycles. The molecule has 26 heavy (non-hydrogen) atoms. The van der Waals surface area contributed by atoms with Crippen molar-refractivity contribution < 1.29 is 32.3 Å². The number of imide groups is 1. The topological polar surface area (TPSA) is 127 Å². The summed E-state index contributed by atoms with van der Waals surface area (Å²) in [6, 6.07) is -0.476. The molecule has 3 fully saturated rings. The summed E-state index contributed by atoms with van der Waals surface area (Å²) in [4.78, 5) is 49.1. The average Bonchev–Trinajstić information content (AvgIpc) is 3.05. The first-order valence-corrected chi connectivity index (χ1v) is 10.6. The van der Waals surface area contributed by atoms with Gasteiger partial charge in [-0.3, -0.25) is 24.1 Å². The fourth-order valence-corrected chi connectivity index (χ4v) is 5.56. The van der Waals surface area contributed by atoms with Gasteiger partial charge in [0, 0.05) is 6.04 Å². The summed E-state index contributed by atoms with van der Waals surface area (Å²) in [7, 11) is -3.12. The molecular weight excluding hydrogens is 364 g/mol. The molecule has 0 radical (unpaired) electrons. The van der Waals surface area contributed by atoms with Crippen LogP contribution in [0.1, 0.15) is 32.1 Å². The maximum Gasteiger partial charge on any atom is 0.326 e. The molecule has 2 saturated heterocycles. The average molecular weight is 386 g/mol. The van der Waals surface area contributed by atoms with Crippen LogP contribution in [0.25, 0.3) is 0 Å². The maximum absolute atomic E-state index is 12.3. The number of ether oxygens (including phenoxy) is 1. The van der Waals surface area contributed by atoms with Crippen molar-refractivity contribution in [3.8, 4) is 0 Å². The van der Waals surface area contributed by atoms with Gasteiger partial charge in [-0.15, -0.1) is 0 Å². The van der Waals surface area contributed by atoms with E-state index in [0.29, 0.717) is 19.3 Å². The van der Waals surface area contributed by atoms with E-state index in [-0.39, 0.29) is 35.2 Å². The molecule has 0 spiro atoms. The van der Waals surface area contributed by atoms with Crippen molar-refractivity contribution in [1.29, 1.82) is 0 Å². The zero-order valence-electron chi connectivity index (χ0n) is 14.3. The normalized spacial score (nSPS) is 30.2. The van der Waals surface area contributed by atoms with E-state index >= 15 is 0 Å². The lowest BCUT2D eigenvalue weighted by Gasteiger charge is -2.19. The standard InChI is InChI=1S/C16H22N2O7S/c19-13(17-10-5-6-26(23,24)9-10)8-25-14(20)7-18-15(21)11-3-1-2-4-12(11)16(18)22/h10-12H,1-9H2,(H,17,19)/t10-,11-,12-/m1/s1. The number of fused-ring (bicyclic) bond motifs is 1. The monoisotopic (exact) mass is 386 g/mol. The van der Waals surface area contributed by atoms with E-state index in [1.165, 1.54) is 0 Å². The van der Waals surface area contributed by atoms with E-state index in [9.17, 15) is 27.6 Å². The van der Waals surface area contributed by atoms with Crippen LogP contribution in [0.2, 0.25) is 0 Å². The van der Waals surface area contributed by atoms with Crippen molar-refractivity contribution in [3.63, 3.8) is 0 Å². The molecule has 144 valence electrons. The number of carbonyl (C=O) groups excluding carboxylic acids is 4. The Balaban J connectivity index is 1.45. The molecule has 1 saturated carbocycles. The van der Waals surface area contributed by atoms with Crippen molar-refractivity contribution in [2.24, 2.45) is 11.8 Å². The molecule has 9 nitrogen and oxygen atoms in total. The van der Waals surface area contributed by atoms with Gasteiger partial charge in [0.05, 0.1) is 23.3 Å². The predicted molar refractivity (Wildman–Crippen MR) is 88.3 cm³/mol. The molecule has 3 rings (SSSR count). The predicted octanol–water partition coefficient (Wildman–Crippen LogP) is -0.992. The fourth-order valence-electron chi connectivity index (χ4n) is 3.89. The summed E-state index contributed by atoms with van der Waals surface area (Å²) < 4.78 is 27.5. The van der Waals surface area contributed by atoms with Gasteiger partial charge in [-0.1, -0.05) is 12.8 Å². The lowest BCUT2D eigenvalue weighted by Crippen LogP contribution is -2.40. The molecule has 10 heteroatoms. The summed E-state index contributed by atoms with van der Waals surface area (Å²) in [6.07, 6.45) is 3.45. The van der Waals surface area contributed by atoms with Crippen molar-refractivity contribution in [1.82, 2.24) is 10.2 Å². The summed E-state index contributed by atoms with van der Waals surface area (Å²) in [5.41, 5.74) is 0. The van der Waals surface area contributed by atoms with Gasteiger partial charge in [0.1, 0.15) is 6.54 Å². The summed E-state index contributed by atoms with van der Waals surface area (Å²) in [5, 5.41) is 2.50. The highest BCUT2D eigenvalue weighted by molar-refractivity contribution is 7.91. The van der Waals surface area contributed by atoms with Crippen LogP contribution in [0, 0.1) is 11.8 Å². The molecule has 2 aliphatic heterocycles. The van der Waals surface area contributed by atoms with E-state index < -0.39 is 40.9 Å². The molecule has 0 bridgehead atoms. The Hall–Kier alpha value is -1.97. The molecule has 3 atom stereocenters. The Morgan fingerprint density at radius 3 is 2.23 bits per heavy atom. The Morgan fingerprint density at radius 1 is 1.08 bits per heavy atom. The highest BCUT2D eigenvalue weighted by atomic mass is 32.2. The van der Waals surface area contributed by atoms with Gasteiger partial charge in [0.2, 0.25) is 11.8 Å². The highest BCUT2D eigenvalue weighted by Crippen LogP contribution is 2.37. The first-order chi connectivity index (χ1) is 12.3. The fraction of sp³-hybridized carbons (Fsp3) is 0.750. The van der Waals surface area contributed by atoms with Gasteiger partial charge in [-0.05, 0) is 19.3 Å². The Kier molecular flexibility index (Phi) is 5.31. The molecule has 1 N–H and O–H groups in total. The SMILES string of the molecule is O=C(COC(=O)CN1C(=O)[C@@H]2CCCC[C@H]2C1=O)N[C@@H]1CCS(=O)(=O)C1. The van der Waals surface area contributed by atoms with Crippen LogP contribution in [-0.2, 0) is 33.8 Å². The number of amides is 3. The molecule has 2 heterocycles. The Morgan fingerprint density at radius 2 is 1.69 bits per heavy atom. The van der Waals surface area contributed by atoms with Crippen LogP contribution in [-0.4, -0.2) is 67.7 Å². The third-order valence-electron chi connectivity index (χ3n) is 5.18. The number of sulfone groups is 1. The van der Waals surface area contributed by atoms with Crippen LogP contribution >= 0.6 is 0 Å². The zero-order chi connectivity index (χ0) is 18.9.